The standard InChI is InChI=1S/C23H37N2O/c1-3-4-5-6-7-8-9-10-11-12-19-26-23-15-13-22(14-16-23)20-25-18-17-24(2)21-25/h13-18,21H,3-12,19-20H2,1-2H3/q+1. The molecule has 0 aliphatic heterocycles. The van der Waals surface area contributed by atoms with E-state index in [2.05, 4.69) is 59.0 Å². The molecule has 0 N–H and O–H groups in total. The zero-order valence-corrected chi connectivity index (χ0v) is 16.8. The van der Waals surface area contributed by atoms with Crippen molar-refractivity contribution in [2.24, 2.45) is 7.05 Å². The molecule has 2 rings (SSSR count). The number of benzene rings is 1. The van der Waals surface area contributed by atoms with Crippen molar-refractivity contribution >= 4 is 0 Å². The summed E-state index contributed by atoms with van der Waals surface area (Å²) in [6.45, 7) is 4.02. The van der Waals surface area contributed by atoms with Crippen LogP contribution in [0.15, 0.2) is 43.0 Å². The lowest BCUT2D eigenvalue weighted by molar-refractivity contribution is -0.671. The largest absolute Gasteiger partial charge is 0.494 e. The minimum Gasteiger partial charge on any atom is -0.494 e. The number of rotatable bonds is 14. The second-order valence-electron chi connectivity index (χ2n) is 7.43. The molecule has 0 radical (unpaired) electrons. The Labute approximate surface area is 160 Å². The summed E-state index contributed by atoms with van der Waals surface area (Å²) in [7, 11) is 2.04. The Bertz CT molecular complexity index is 589. The third-order valence-electron chi connectivity index (χ3n) is 4.88. The molecule has 0 amide bonds. The molecule has 1 aromatic heterocycles. The van der Waals surface area contributed by atoms with Crippen molar-refractivity contribution in [1.82, 2.24) is 4.57 Å². The monoisotopic (exact) mass is 357 g/mol. The highest BCUT2D eigenvalue weighted by Gasteiger charge is 2.02. The van der Waals surface area contributed by atoms with Crippen LogP contribution >= 0.6 is 0 Å². The van der Waals surface area contributed by atoms with Gasteiger partial charge in [0.25, 0.3) is 0 Å². The zero-order chi connectivity index (χ0) is 18.5. The number of aromatic nitrogens is 2. The van der Waals surface area contributed by atoms with E-state index in [1.807, 2.05) is 7.05 Å². The van der Waals surface area contributed by atoms with Crippen molar-refractivity contribution in [1.29, 1.82) is 0 Å². The number of hydrogen-bond donors (Lipinski definition) is 0. The van der Waals surface area contributed by atoms with E-state index in [0.29, 0.717) is 0 Å². The van der Waals surface area contributed by atoms with Gasteiger partial charge in [-0.05, 0) is 24.1 Å². The lowest BCUT2D eigenvalue weighted by Crippen LogP contribution is -2.23. The molecule has 0 aliphatic carbocycles. The molecule has 26 heavy (non-hydrogen) atoms. The van der Waals surface area contributed by atoms with Crippen molar-refractivity contribution in [2.45, 2.75) is 77.7 Å². The van der Waals surface area contributed by atoms with Gasteiger partial charge in [0.05, 0.1) is 13.7 Å². The van der Waals surface area contributed by atoms with Gasteiger partial charge in [0, 0.05) is 0 Å². The predicted octanol–water partition coefficient (Wildman–Crippen LogP) is 5.66. The van der Waals surface area contributed by atoms with Crippen LogP contribution in [0, 0.1) is 0 Å². The van der Waals surface area contributed by atoms with Gasteiger partial charge in [-0.15, -0.1) is 0 Å². The van der Waals surface area contributed by atoms with Crippen LogP contribution in [-0.4, -0.2) is 11.2 Å². The van der Waals surface area contributed by atoms with Gasteiger partial charge in [-0.3, -0.25) is 0 Å². The molecule has 0 saturated heterocycles. The van der Waals surface area contributed by atoms with Gasteiger partial charge in [0.1, 0.15) is 24.7 Å². The molecule has 3 heteroatoms. The maximum Gasteiger partial charge on any atom is 0.243 e. The third-order valence-corrected chi connectivity index (χ3v) is 4.88. The first-order valence-corrected chi connectivity index (χ1v) is 10.5. The summed E-state index contributed by atoms with van der Waals surface area (Å²) in [6, 6.07) is 8.51. The Kier molecular flexibility index (Phi) is 9.92. The predicted molar refractivity (Wildman–Crippen MR) is 108 cm³/mol. The zero-order valence-electron chi connectivity index (χ0n) is 16.8. The molecule has 2 aromatic rings. The summed E-state index contributed by atoms with van der Waals surface area (Å²) in [5.41, 5.74) is 1.30. The van der Waals surface area contributed by atoms with Gasteiger partial charge >= 0.3 is 0 Å². The topological polar surface area (TPSA) is 18.0 Å². The van der Waals surface area contributed by atoms with Gasteiger partial charge in [0.15, 0.2) is 0 Å². The van der Waals surface area contributed by atoms with Gasteiger partial charge < -0.3 is 4.74 Å². The highest BCUT2D eigenvalue weighted by molar-refractivity contribution is 5.27. The number of unbranched alkanes of at least 4 members (excludes halogenated alkanes) is 9. The summed E-state index contributed by atoms with van der Waals surface area (Å²) < 4.78 is 10.1. The number of aryl methyl sites for hydroxylation is 1. The SMILES string of the molecule is CCCCCCCCCCCCOc1ccc(Cn2cc[n+](C)c2)cc1. The minimum absolute atomic E-state index is 0.837. The Morgan fingerprint density at radius 3 is 2.04 bits per heavy atom. The molecule has 0 atom stereocenters. The van der Waals surface area contributed by atoms with Gasteiger partial charge in [-0.1, -0.05) is 76.8 Å². The van der Waals surface area contributed by atoms with Gasteiger partial charge in [-0.25, -0.2) is 9.13 Å². The average molecular weight is 358 g/mol. The van der Waals surface area contributed by atoms with Crippen molar-refractivity contribution in [3.8, 4) is 5.75 Å². The smallest absolute Gasteiger partial charge is 0.243 e. The summed E-state index contributed by atoms with van der Waals surface area (Å²) in [5.74, 6) is 0.989. The first-order valence-electron chi connectivity index (χ1n) is 10.5. The first-order chi connectivity index (χ1) is 12.8. The Hall–Kier alpha value is -1.77. The summed E-state index contributed by atoms with van der Waals surface area (Å²) in [5, 5.41) is 0. The van der Waals surface area contributed by atoms with Crippen LogP contribution in [0.5, 0.6) is 5.75 Å². The normalized spacial score (nSPS) is 11.0. The molecule has 1 aromatic carbocycles. The van der Waals surface area contributed by atoms with Crippen LogP contribution in [0.2, 0.25) is 0 Å². The molecule has 0 saturated carbocycles. The molecule has 0 aliphatic rings. The number of hydrogen-bond acceptors (Lipinski definition) is 1. The van der Waals surface area contributed by atoms with Gasteiger partial charge in [-0.2, -0.15) is 0 Å². The summed E-state index contributed by atoms with van der Waals surface area (Å²) >= 11 is 0. The van der Waals surface area contributed by atoms with Crippen LogP contribution in [0.1, 0.15) is 76.7 Å². The average Bonchev–Trinajstić information content (AvgIpc) is 3.06. The molecule has 0 bridgehead atoms. The fourth-order valence-corrected chi connectivity index (χ4v) is 3.28. The van der Waals surface area contributed by atoms with Crippen molar-refractivity contribution in [2.75, 3.05) is 6.61 Å². The second kappa shape index (κ2) is 12.6. The van der Waals surface area contributed by atoms with Crippen LogP contribution in [0.25, 0.3) is 0 Å². The molecule has 144 valence electrons. The van der Waals surface area contributed by atoms with Crippen LogP contribution in [0.3, 0.4) is 0 Å². The Morgan fingerprint density at radius 1 is 0.846 bits per heavy atom. The summed E-state index contributed by atoms with van der Waals surface area (Å²) in [6.07, 6.45) is 19.9. The summed E-state index contributed by atoms with van der Waals surface area (Å²) in [4.78, 5) is 0. The van der Waals surface area contributed by atoms with E-state index in [1.54, 1.807) is 0 Å². The van der Waals surface area contributed by atoms with E-state index in [0.717, 1.165) is 25.3 Å². The second-order valence-corrected chi connectivity index (χ2v) is 7.43. The molecular weight excluding hydrogens is 320 g/mol. The van der Waals surface area contributed by atoms with Crippen molar-refractivity contribution in [3.63, 3.8) is 0 Å². The third kappa shape index (κ3) is 8.55. The molecule has 3 nitrogen and oxygen atoms in total. The number of nitrogens with zero attached hydrogens (tertiary/aromatic N) is 2. The minimum atomic E-state index is 0.837. The molecule has 0 unspecified atom stereocenters. The lowest BCUT2D eigenvalue weighted by Gasteiger charge is -2.07. The Balaban J connectivity index is 1.49. The quantitative estimate of drug-likeness (QED) is 0.315. The fourth-order valence-electron chi connectivity index (χ4n) is 3.28. The van der Waals surface area contributed by atoms with Gasteiger partial charge in [0.2, 0.25) is 6.33 Å². The van der Waals surface area contributed by atoms with E-state index in [4.69, 9.17) is 4.74 Å². The highest BCUT2D eigenvalue weighted by Crippen LogP contribution is 2.14. The van der Waals surface area contributed by atoms with Crippen LogP contribution in [-0.2, 0) is 13.6 Å². The van der Waals surface area contributed by atoms with E-state index in [-0.39, 0.29) is 0 Å². The molecule has 0 fully saturated rings. The van der Waals surface area contributed by atoms with Crippen molar-refractivity contribution in [3.05, 3.63) is 48.5 Å². The fraction of sp³-hybridized carbons (Fsp3) is 0.609. The van der Waals surface area contributed by atoms with E-state index in [1.165, 1.54) is 63.4 Å². The van der Waals surface area contributed by atoms with Crippen LogP contribution in [0.4, 0.5) is 0 Å². The first kappa shape index (κ1) is 20.5. The molecule has 1 heterocycles. The van der Waals surface area contributed by atoms with E-state index in [9.17, 15) is 0 Å². The molecular formula is C23H37N2O+. The van der Waals surface area contributed by atoms with Crippen LogP contribution < -0.4 is 9.30 Å². The van der Waals surface area contributed by atoms with Crippen molar-refractivity contribution < 1.29 is 9.30 Å². The number of ether oxygens (including phenoxy) is 1. The number of imidazole rings is 1. The Morgan fingerprint density at radius 2 is 1.46 bits per heavy atom. The lowest BCUT2D eigenvalue weighted by atomic mass is 10.1. The van der Waals surface area contributed by atoms with E-state index >= 15 is 0 Å². The molecule has 0 spiro atoms. The van der Waals surface area contributed by atoms with E-state index < -0.39 is 0 Å². The highest BCUT2D eigenvalue weighted by atomic mass is 16.5. The maximum atomic E-state index is 5.88. The maximum absolute atomic E-state index is 5.88.